The zero-order valence-electron chi connectivity index (χ0n) is 11.3. The van der Waals surface area contributed by atoms with Crippen molar-refractivity contribution < 1.29 is 9.13 Å². The fourth-order valence-electron chi connectivity index (χ4n) is 2.21. The normalized spacial score (nSPS) is 17.2. The van der Waals surface area contributed by atoms with Gasteiger partial charge in [0.05, 0.1) is 11.4 Å². The Balaban J connectivity index is 1.95. The molecule has 1 unspecified atom stereocenters. The molecule has 0 spiro atoms. The molecular weight excluding hydrogens is 309 g/mol. The van der Waals surface area contributed by atoms with E-state index in [1.165, 1.54) is 12.1 Å². The van der Waals surface area contributed by atoms with Gasteiger partial charge in [-0.15, -0.1) is 11.6 Å². The largest absolute Gasteiger partial charge is 0.476 e. The minimum absolute atomic E-state index is 0.0121. The summed E-state index contributed by atoms with van der Waals surface area (Å²) in [5, 5.41) is 0. The van der Waals surface area contributed by atoms with Crippen LogP contribution in [0.15, 0.2) is 48.5 Å². The summed E-state index contributed by atoms with van der Waals surface area (Å²) in [7, 11) is 0. The summed E-state index contributed by atoms with van der Waals surface area (Å²) >= 11 is 7.33. The summed E-state index contributed by atoms with van der Waals surface area (Å²) < 4.78 is 21.5. The van der Waals surface area contributed by atoms with Crippen LogP contribution in [-0.4, -0.2) is 11.3 Å². The average molecular weight is 324 g/mol. The minimum Gasteiger partial charge on any atom is -0.476 e. The Morgan fingerprint density at radius 2 is 2.00 bits per heavy atom. The van der Waals surface area contributed by atoms with E-state index in [9.17, 15) is 4.39 Å². The number of ether oxygens (including phenoxy) is 1. The number of anilines is 2. The summed E-state index contributed by atoms with van der Waals surface area (Å²) in [5.41, 5.74) is 1.74. The monoisotopic (exact) mass is 323 g/mol. The number of fused-ring (bicyclic) bond motifs is 1. The van der Waals surface area contributed by atoms with Gasteiger partial charge in [0.15, 0.2) is 5.44 Å². The van der Waals surface area contributed by atoms with E-state index in [0.29, 0.717) is 11.6 Å². The van der Waals surface area contributed by atoms with Gasteiger partial charge in [-0.1, -0.05) is 18.2 Å². The molecule has 1 aliphatic rings. The quantitative estimate of drug-likeness (QED) is 0.556. The number of halogens is 2. The van der Waals surface area contributed by atoms with Crippen LogP contribution in [0.25, 0.3) is 0 Å². The van der Waals surface area contributed by atoms with Crippen LogP contribution < -0.4 is 9.04 Å². The van der Waals surface area contributed by atoms with Crippen molar-refractivity contribution in [2.24, 2.45) is 0 Å². The van der Waals surface area contributed by atoms with Gasteiger partial charge in [-0.3, -0.25) is 4.31 Å². The van der Waals surface area contributed by atoms with E-state index < -0.39 is 0 Å². The lowest BCUT2D eigenvalue weighted by Gasteiger charge is -2.35. The van der Waals surface area contributed by atoms with Crippen LogP contribution in [0.1, 0.15) is 12.8 Å². The van der Waals surface area contributed by atoms with Gasteiger partial charge in [0.25, 0.3) is 0 Å². The number of rotatable bonds is 4. The Kier molecular flexibility index (Phi) is 4.56. The molecule has 2 aromatic carbocycles. The molecule has 2 aromatic rings. The predicted molar refractivity (Wildman–Crippen MR) is 86.9 cm³/mol. The second-order valence-corrected chi connectivity index (χ2v) is 6.21. The maximum absolute atomic E-state index is 13.6. The maximum atomic E-state index is 13.6. The van der Waals surface area contributed by atoms with Gasteiger partial charge in [0.2, 0.25) is 0 Å². The van der Waals surface area contributed by atoms with E-state index in [1.54, 1.807) is 18.0 Å². The molecule has 0 aromatic heterocycles. The van der Waals surface area contributed by atoms with Crippen molar-refractivity contribution in [2.75, 3.05) is 10.2 Å². The van der Waals surface area contributed by atoms with Crippen molar-refractivity contribution in [1.29, 1.82) is 0 Å². The fourth-order valence-corrected chi connectivity index (χ4v) is 3.51. The van der Waals surface area contributed by atoms with E-state index in [2.05, 4.69) is 0 Å². The highest BCUT2D eigenvalue weighted by molar-refractivity contribution is 8.01. The van der Waals surface area contributed by atoms with Crippen LogP contribution in [0.2, 0.25) is 0 Å². The molecule has 0 saturated heterocycles. The minimum atomic E-state index is -0.266. The van der Waals surface area contributed by atoms with Crippen molar-refractivity contribution in [3.8, 4) is 5.75 Å². The first kappa shape index (κ1) is 14.5. The van der Waals surface area contributed by atoms with Crippen LogP contribution in [0, 0.1) is 5.82 Å². The van der Waals surface area contributed by atoms with Crippen molar-refractivity contribution in [2.45, 2.75) is 18.3 Å². The molecule has 1 heterocycles. The number of nitrogens with zero attached hydrogens (tertiary/aromatic N) is 1. The topological polar surface area (TPSA) is 12.5 Å². The molecule has 1 aliphatic heterocycles. The van der Waals surface area contributed by atoms with Crippen LogP contribution in [0.3, 0.4) is 0 Å². The fraction of sp³-hybridized carbons (Fsp3) is 0.250. The van der Waals surface area contributed by atoms with Gasteiger partial charge in [-0.05, 0) is 37.1 Å². The number of hydrogen-bond acceptors (Lipinski definition) is 3. The van der Waals surface area contributed by atoms with Crippen molar-refractivity contribution in [3.05, 3.63) is 54.3 Å². The molecule has 0 fully saturated rings. The van der Waals surface area contributed by atoms with Crippen LogP contribution in [-0.2, 0) is 0 Å². The second kappa shape index (κ2) is 6.58. The lowest BCUT2D eigenvalue weighted by atomic mass is 10.2. The molecule has 110 valence electrons. The van der Waals surface area contributed by atoms with Gasteiger partial charge in [-0.2, -0.15) is 0 Å². The first-order valence-corrected chi connectivity index (χ1v) is 8.19. The van der Waals surface area contributed by atoms with Crippen LogP contribution in [0.4, 0.5) is 15.8 Å². The van der Waals surface area contributed by atoms with E-state index in [1.807, 2.05) is 34.6 Å². The van der Waals surface area contributed by atoms with Crippen LogP contribution in [0.5, 0.6) is 5.75 Å². The Morgan fingerprint density at radius 1 is 1.19 bits per heavy atom. The smallest absolute Gasteiger partial charge is 0.163 e. The molecule has 0 amide bonds. The Labute approximate surface area is 133 Å². The summed E-state index contributed by atoms with van der Waals surface area (Å²) in [6.45, 7) is 0. The summed E-state index contributed by atoms with van der Waals surface area (Å²) in [6, 6.07) is 14.5. The molecule has 1 atom stereocenters. The molecule has 0 N–H and O–H groups in total. The molecule has 3 rings (SSSR count). The third-order valence-electron chi connectivity index (χ3n) is 3.19. The van der Waals surface area contributed by atoms with Gasteiger partial charge in [0.1, 0.15) is 11.6 Å². The molecular formula is C16H15ClFNOS. The van der Waals surface area contributed by atoms with Crippen molar-refractivity contribution >= 4 is 34.9 Å². The number of alkyl halides is 1. The standard InChI is InChI=1S/C16H15ClFNOS/c17-10-4-7-16-20-15-9-8-12(18)11-14(15)19(21-16)13-5-2-1-3-6-13/h1-3,5-6,8-9,11,16H,4,7,10H2. The zero-order chi connectivity index (χ0) is 14.7. The zero-order valence-corrected chi connectivity index (χ0v) is 12.9. The van der Waals surface area contributed by atoms with Crippen molar-refractivity contribution in [3.63, 3.8) is 0 Å². The van der Waals surface area contributed by atoms with Gasteiger partial charge >= 0.3 is 0 Å². The molecule has 0 radical (unpaired) electrons. The first-order valence-electron chi connectivity index (χ1n) is 6.82. The van der Waals surface area contributed by atoms with Crippen LogP contribution >= 0.6 is 23.5 Å². The molecule has 5 heteroatoms. The second-order valence-electron chi connectivity index (χ2n) is 4.73. The molecule has 2 nitrogen and oxygen atoms in total. The summed E-state index contributed by atoms with van der Waals surface area (Å²) in [4.78, 5) is 0. The Bertz CT molecular complexity index is 610. The van der Waals surface area contributed by atoms with E-state index in [0.717, 1.165) is 24.2 Å². The highest BCUT2D eigenvalue weighted by atomic mass is 35.5. The number of para-hydroxylation sites is 1. The molecule has 0 bridgehead atoms. The van der Waals surface area contributed by atoms with E-state index in [-0.39, 0.29) is 11.3 Å². The third kappa shape index (κ3) is 3.27. The summed E-state index contributed by atoms with van der Waals surface area (Å²) in [6.07, 6.45) is 1.74. The van der Waals surface area contributed by atoms with Gasteiger partial charge in [0, 0.05) is 23.9 Å². The Morgan fingerprint density at radius 3 is 2.76 bits per heavy atom. The molecule has 0 aliphatic carbocycles. The SMILES string of the molecule is Fc1ccc2c(c1)N(c1ccccc1)SC(CCCCl)O2. The van der Waals surface area contributed by atoms with E-state index in [4.69, 9.17) is 16.3 Å². The highest BCUT2D eigenvalue weighted by Crippen LogP contribution is 2.46. The lowest BCUT2D eigenvalue weighted by Crippen LogP contribution is -2.25. The molecule has 0 saturated carbocycles. The Hall–Kier alpha value is -1.39. The summed E-state index contributed by atoms with van der Waals surface area (Å²) in [5.74, 6) is 1.05. The number of benzene rings is 2. The molecule has 21 heavy (non-hydrogen) atoms. The van der Waals surface area contributed by atoms with Gasteiger partial charge in [-0.25, -0.2) is 4.39 Å². The van der Waals surface area contributed by atoms with Crippen molar-refractivity contribution in [1.82, 2.24) is 0 Å². The third-order valence-corrected chi connectivity index (χ3v) is 4.64. The van der Waals surface area contributed by atoms with Gasteiger partial charge < -0.3 is 4.74 Å². The van der Waals surface area contributed by atoms with E-state index >= 15 is 0 Å². The predicted octanol–water partition coefficient (Wildman–Crippen LogP) is 5.35. The maximum Gasteiger partial charge on any atom is 0.163 e. The average Bonchev–Trinajstić information content (AvgIpc) is 2.53. The first-order chi connectivity index (χ1) is 10.3. The lowest BCUT2D eigenvalue weighted by molar-refractivity contribution is 0.273. The number of hydrogen-bond donors (Lipinski definition) is 0. The highest BCUT2D eigenvalue weighted by Gasteiger charge is 2.28.